The van der Waals surface area contributed by atoms with Gasteiger partial charge in [-0.2, -0.15) is 0 Å². The third-order valence-electron chi connectivity index (χ3n) is 6.86. The van der Waals surface area contributed by atoms with Crippen LogP contribution in [0.1, 0.15) is 64.2 Å². The summed E-state index contributed by atoms with van der Waals surface area (Å²) in [5, 5.41) is 0. The molecule has 3 rings (SSSR count). The number of ether oxygens (including phenoxy) is 1. The smallest absolute Gasteiger partial charge is 0.0648 e. The van der Waals surface area contributed by atoms with Crippen molar-refractivity contribution in [2.24, 2.45) is 29.6 Å². The van der Waals surface area contributed by atoms with Crippen molar-refractivity contribution in [2.45, 2.75) is 70.3 Å². The molecular formula is C21H34O. The van der Waals surface area contributed by atoms with E-state index in [9.17, 15) is 0 Å². The lowest BCUT2D eigenvalue weighted by molar-refractivity contribution is 0.0113. The lowest BCUT2D eigenvalue weighted by Gasteiger charge is -2.45. The van der Waals surface area contributed by atoms with Crippen LogP contribution in [0.4, 0.5) is 0 Å². The van der Waals surface area contributed by atoms with E-state index in [1.165, 1.54) is 64.2 Å². The Kier molecular flexibility index (Phi) is 5.79. The van der Waals surface area contributed by atoms with Gasteiger partial charge in [0.1, 0.15) is 0 Å². The average molecular weight is 303 g/mol. The second-order valence-electron chi connectivity index (χ2n) is 8.06. The highest BCUT2D eigenvalue weighted by atomic mass is 16.5. The molecule has 3 saturated carbocycles. The molecule has 124 valence electrons. The predicted molar refractivity (Wildman–Crippen MR) is 93.8 cm³/mol. The number of hydrogen-bond donors (Lipinski definition) is 0. The molecule has 0 spiro atoms. The molecule has 0 aromatic carbocycles. The van der Waals surface area contributed by atoms with E-state index >= 15 is 0 Å². The summed E-state index contributed by atoms with van der Waals surface area (Å²) in [5.41, 5.74) is 0. The number of hydrogen-bond acceptors (Lipinski definition) is 1. The van der Waals surface area contributed by atoms with Crippen LogP contribution in [0.3, 0.4) is 0 Å². The minimum absolute atomic E-state index is 0.508. The number of allylic oxidation sites excluding steroid dienone is 1. The molecule has 0 amide bonds. The Balaban J connectivity index is 1.45. The van der Waals surface area contributed by atoms with Crippen molar-refractivity contribution in [3.63, 3.8) is 0 Å². The highest BCUT2D eigenvalue weighted by Gasteiger charge is 2.38. The van der Waals surface area contributed by atoms with Gasteiger partial charge in [-0.15, -0.1) is 13.2 Å². The predicted octanol–water partition coefficient (Wildman–Crippen LogP) is 5.77. The summed E-state index contributed by atoms with van der Waals surface area (Å²) in [4.78, 5) is 0. The van der Waals surface area contributed by atoms with Crippen LogP contribution in [0, 0.1) is 29.6 Å². The van der Waals surface area contributed by atoms with E-state index in [4.69, 9.17) is 4.74 Å². The van der Waals surface area contributed by atoms with Crippen LogP contribution in [0.5, 0.6) is 0 Å². The summed E-state index contributed by atoms with van der Waals surface area (Å²) in [6.45, 7) is 8.50. The lowest BCUT2D eigenvalue weighted by Crippen LogP contribution is -2.35. The Morgan fingerprint density at radius 1 is 0.727 bits per heavy atom. The second kappa shape index (κ2) is 7.81. The lowest BCUT2D eigenvalue weighted by atomic mass is 9.61. The molecule has 3 aliphatic rings. The average Bonchev–Trinajstić information content (AvgIpc) is 2.59. The van der Waals surface area contributed by atoms with Crippen molar-refractivity contribution in [1.29, 1.82) is 0 Å². The standard InChI is InChI=1S/C21H34O/c1-3-13-22-21-11-9-17(10-12-21)19-8-7-18-14-16(4-2)5-6-20(18)15-19/h3-4,16-21H,1-2,5-15H2. The van der Waals surface area contributed by atoms with Gasteiger partial charge in [0, 0.05) is 0 Å². The van der Waals surface area contributed by atoms with Crippen LogP contribution < -0.4 is 0 Å². The van der Waals surface area contributed by atoms with Crippen molar-refractivity contribution in [2.75, 3.05) is 6.61 Å². The Labute approximate surface area is 137 Å². The normalized spacial score (nSPS) is 42.4. The Morgan fingerprint density at radius 3 is 2.00 bits per heavy atom. The van der Waals surface area contributed by atoms with Gasteiger partial charge in [-0.25, -0.2) is 0 Å². The van der Waals surface area contributed by atoms with Crippen LogP contribution in [0.15, 0.2) is 25.3 Å². The highest BCUT2D eigenvalue weighted by molar-refractivity contribution is 4.93. The summed E-state index contributed by atoms with van der Waals surface area (Å²) < 4.78 is 5.85. The Hall–Kier alpha value is -0.560. The topological polar surface area (TPSA) is 9.23 Å². The van der Waals surface area contributed by atoms with Gasteiger partial charge in [-0.1, -0.05) is 12.2 Å². The van der Waals surface area contributed by atoms with E-state index in [-0.39, 0.29) is 0 Å². The van der Waals surface area contributed by atoms with E-state index in [0.717, 1.165) is 36.2 Å². The molecule has 4 unspecified atom stereocenters. The van der Waals surface area contributed by atoms with Crippen molar-refractivity contribution in [3.8, 4) is 0 Å². The van der Waals surface area contributed by atoms with Crippen molar-refractivity contribution < 1.29 is 4.74 Å². The fraction of sp³-hybridized carbons (Fsp3) is 0.810. The molecule has 0 bridgehead atoms. The first-order valence-electron chi connectivity index (χ1n) is 9.65. The minimum Gasteiger partial charge on any atom is -0.374 e. The zero-order valence-electron chi connectivity index (χ0n) is 14.2. The highest BCUT2D eigenvalue weighted by Crippen LogP contribution is 2.48. The molecule has 0 radical (unpaired) electrons. The first-order valence-corrected chi connectivity index (χ1v) is 9.65. The van der Waals surface area contributed by atoms with E-state index < -0.39 is 0 Å². The number of rotatable bonds is 5. The largest absolute Gasteiger partial charge is 0.374 e. The van der Waals surface area contributed by atoms with Gasteiger partial charge in [0.25, 0.3) is 0 Å². The third kappa shape index (κ3) is 3.85. The molecule has 1 nitrogen and oxygen atoms in total. The van der Waals surface area contributed by atoms with Crippen LogP contribution in [0.2, 0.25) is 0 Å². The fourth-order valence-corrected chi connectivity index (χ4v) is 5.53. The first-order chi connectivity index (χ1) is 10.8. The summed E-state index contributed by atoms with van der Waals surface area (Å²) >= 11 is 0. The second-order valence-corrected chi connectivity index (χ2v) is 8.06. The van der Waals surface area contributed by atoms with Crippen LogP contribution >= 0.6 is 0 Å². The fourth-order valence-electron chi connectivity index (χ4n) is 5.53. The quantitative estimate of drug-likeness (QED) is 0.586. The molecule has 3 fully saturated rings. The summed E-state index contributed by atoms with van der Waals surface area (Å²) in [6, 6.07) is 0. The molecule has 0 N–H and O–H groups in total. The van der Waals surface area contributed by atoms with Crippen molar-refractivity contribution in [3.05, 3.63) is 25.3 Å². The Bertz CT molecular complexity index is 366. The van der Waals surface area contributed by atoms with E-state index in [2.05, 4.69) is 19.2 Å². The summed E-state index contributed by atoms with van der Waals surface area (Å²) in [7, 11) is 0. The Morgan fingerprint density at radius 2 is 1.32 bits per heavy atom. The SMILES string of the molecule is C=CCOC1CCC(C2CCC3CC(C=C)CCC3C2)CC1. The van der Waals surface area contributed by atoms with Crippen LogP contribution in [-0.2, 0) is 4.74 Å². The maximum Gasteiger partial charge on any atom is 0.0648 e. The molecule has 1 heteroatoms. The summed E-state index contributed by atoms with van der Waals surface area (Å²) in [6.07, 6.45) is 18.8. The van der Waals surface area contributed by atoms with Gasteiger partial charge in [0.05, 0.1) is 12.7 Å². The molecule has 0 aromatic heterocycles. The molecule has 0 saturated heterocycles. The molecule has 0 aromatic rings. The molecular weight excluding hydrogens is 268 g/mol. The maximum atomic E-state index is 5.85. The van der Waals surface area contributed by atoms with Crippen LogP contribution in [0.25, 0.3) is 0 Å². The van der Waals surface area contributed by atoms with Gasteiger partial charge >= 0.3 is 0 Å². The van der Waals surface area contributed by atoms with Crippen molar-refractivity contribution in [1.82, 2.24) is 0 Å². The van der Waals surface area contributed by atoms with E-state index in [1.54, 1.807) is 0 Å². The molecule has 0 aliphatic heterocycles. The zero-order chi connectivity index (χ0) is 15.4. The summed E-state index contributed by atoms with van der Waals surface area (Å²) in [5.74, 6) is 4.86. The van der Waals surface area contributed by atoms with Gasteiger partial charge in [-0.3, -0.25) is 0 Å². The van der Waals surface area contributed by atoms with E-state index in [1.807, 2.05) is 6.08 Å². The molecule has 22 heavy (non-hydrogen) atoms. The van der Waals surface area contributed by atoms with Gasteiger partial charge in [0.2, 0.25) is 0 Å². The molecule has 4 atom stereocenters. The van der Waals surface area contributed by atoms with Gasteiger partial charge in [0.15, 0.2) is 0 Å². The van der Waals surface area contributed by atoms with Gasteiger partial charge < -0.3 is 4.74 Å². The number of fused-ring (bicyclic) bond motifs is 1. The monoisotopic (exact) mass is 302 g/mol. The zero-order valence-corrected chi connectivity index (χ0v) is 14.2. The molecule has 3 aliphatic carbocycles. The van der Waals surface area contributed by atoms with Gasteiger partial charge in [-0.05, 0) is 93.8 Å². The molecule has 0 heterocycles. The van der Waals surface area contributed by atoms with Crippen LogP contribution in [-0.4, -0.2) is 12.7 Å². The van der Waals surface area contributed by atoms with E-state index in [0.29, 0.717) is 6.10 Å². The maximum absolute atomic E-state index is 5.85. The minimum atomic E-state index is 0.508. The van der Waals surface area contributed by atoms with Crippen molar-refractivity contribution >= 4 is 0 Å². The first kappa shape index (κ1) is 16.3. The third-order valence-corrected chi connectivity index (χ3v) is 6.86.